The van der Waals surface area contributed by atoms with E-state index in [0.29, 0.717) is 5.11 Å². The van der Waals surface area contributed by atoms with Crippen LogP contribution in [0.1, 0.15) is 32.3 Å². The molecule has 4 heteroatoms. The van der Waals surface area contributed by atoms with Crippen LogP contribution in [0.15, 0.2) is 24.3 Å². The summed E-state index contributed by atoms with van der Waals surface area (Å²) in [5.41, 5.74) is 2.21. The Morgan fingerprint density at radius 1 is 1.29 bits per heavy atom. The van der Waals surface area contributed by atoms with E-state index in [4.69, 9.17) is 12.2 Å². The van der Waals surface area contributed by atoms with Crippen molar-refractivity contribution >= 4 is 28.9 Å². The molecule has 1 aromatic rings. The maximum atomic E-state index is 10.8. The first kappa shape index (κ1) is 13.6. The lowest BCUT2D eigenvalue weighted by molar-refractivity contribution is -0.117. The fraction of sp³-hybridized carbons (Fsp3) is 0.385. The van der Waals surface area contributed by atoms with Crippen LogP contribution in [0.3, 0.4) is 0 Å². The van der Waals surface area contributed by atoms with Gasteiger partial charge in [-0.25, -0.2) is 0 Å². The van der Waals surface area contributed by atoms with Gasteiger partial charge in [0, 0.05) is 12.6 Å². The molecule has 1 amide bonds. The van der Waals surface area contributed by atoms with Crippen molar-refractivity contribution in [3.63, 3.8) is 0 Å². The molecule has 0 aliphatic rings. The number of thiocarbonyl (C=S) groups is 1. The van der Waals surface area contributed by atoms with Gasteiger partial charge in [0.1, 0.15) is 0 Å². The van der Waals surface area contributed by atoms with Crippen molar-refractivity contribution in [3.8, 4) is 0 Å². The van der Waals surface area contributed by atoms with Crippen molar-refractivity contribution in [3.05, 3.63) is 29.8 Å². The summed E-state index contributed by atoms with van der Waals surface area (Å²) in [5, 5.41) is 5.81. The molecule has 0 bridgehead atoms. The SMILES string of the molecule is CCCCc1ccc(NC(=S)NC(C)=O)cc1. The maximum absolute atomic E-state index is 10.8. The summed E-state index contributed by atoms with van der Waals surface area (Å²) in [5.74, 6) is -0.165. The maximum Gasteiger partial charge on any atom is 0.222 e. The van der Waals surface area contributed by atoms with Gasteiger partial charge in [-0.3, -0.25) is 4.79 Å². The third kappa shape index (κ3) is 5.45. The number of anilines is 1. The van der Waals surface area contributed by atoms with E-state index in [2.05, 4.69) is 29.7 Å². The van der Waals surface area contributed by atoms with Gasteiger partial charge in [-0.2, -0.15) is 0 Å². The molecule has 92 valence electrons. The molecule has 0 aliphatic carbocycles. The lowest BCUT2D eigenvalue weighted by Gasteiger charge is -2.08. The van der Waals surface area contributed by atoms with Crippen LogP contribution in [-0.4, -0.2) is 11.0 Å². The number of hydrogen-bond donors (Lipinski definition) is 2. The van der Waals surface area contributed by atoms with Crippen molar-refractivity contribution < 1.29 is 4.79 Å². The number of hydrogen-bond acceptors (Lipinski definition) is 2. The number of amides is 1. The molecule has 2 N–H and O–H groups in total. The lowest BCUT2D eigenvalue weighted by atomic mass is 10.1. The van der Waals surface area contributed by atoms with E-state index in [1.165, 1.54) is 25.3 Å². The standard InChI is InChI=1S/C13H18N2OS/c1-3-4-5-11-6-8-12(9-7-11)15-13(17)14-10(2)16/h6-9H,3-5H2,1-2H3,(H2,14,15,16,17). The summed E-state index contributed by atoms with van der Waals surface area (Å²) in [6, 6.07) is 8.10. The summed E-state index contributed by atoms with van der Waals surface area (Å²) in [6.45, 7) is 3.61. The zero-order valence-corrected chi connectivity index (χ0v) is 11.1. The summed E-state index contributed by atoms with van der Waals surface area (Å²) in [4.78, 5) is 10.8. The second-order valence-corrected chi connectivity index (χ2v) is 4.34. The molecule has 17 heavy (non-hydrogen) atoms. The van der Waals surface area contributed by atoms with E-state index in [0.717, 1.165) is 12.1 Å². The van der Waals surface area contributed by atoms with Gasteiger partial charge in [0.15, 0.2) is 5.11 Å². The fourth-order valence-corrected chi connectivity index (χ4v) is 1.72. The molecule has 0 fully saturated rings. The summed E-state index contributed by atoms with van der Waals surface area (Å²) in [7, 11) is 0. The molecule has 1 rings (SSSR count). The highest BCUT2D eigenvalue weighted by atomic mass is 32.1. The van der Waals surface area contributed by atoms with E-state index in [9.17, 15) is 4.79 Å². The molecule has 0 aromatic heterocycles. The molecular weight excluding hydrogens is 232 g/mol. The monoisotopic (exact) mass is 250 g/mol. The first-order valence-electron chi connectivity index (χ1n) is 5.79. The highest BCUT2D eigenvalue weighted by Crippen LogP contribution is 2.11. The van der Waals surface area contributed by atoms with Gasteiger partial charge in [0.05, 0.1) is 0 Å². The van der Waals surface area contributed by atoms with Crippen LogP contribution in [0.5, 0.6) is 0 Å². The van der Waals surface area contributed by atoms with E-state index in [-0.39, 0.29) is 5.91 Å². The van der Waals surface area contributed by atoms with Crippen molar-refractivity contribution in [1.29, 1.82) is 0 Å². The topological polar surface area (TPSA) is 41.1 Å². The van der Waals surface area contributed by atoms with Gasteiger partial charge < -0.3 is 10.6 Å². The van der Waals surface area contributed by atoms with Crippen molar-refractivity contribution in [2.75, 3.05) is 5.32 Å². The summed E-state index contributed by atoms with van der Waals surface area (Å²) < 4.78 is 0. The molecule has 3 nitrogen and oxygen atoms in total. The zero-order valence-electron chi connectivity index (χ0n) is 10.2. The lowest BCUT2D eigenvalue weighted by Crippen LogP contribution is -2.32. The number of aryl methyl sites for hydroxylation is 1. The molecule has 0 spiro atoms. The van der Waals surface area contributed by atoms with Gasteiger partial charge >= 0.3 is 0 Å². The Labute approximate surface area is 108 Å². The molecular formula is C13H18N2OS. The zero-order chi connectivity index (χ0) is 12.7. The summed E-state index contributed by atoms with van der Waals surface area (Å²) in [6.07, 6.45) is 3.51. The van der Waals surface area contributed by atoms with Crippen molar-refractivity contribution in [1.82, 2.24) is 5.32 Å². The Morgan fingerprint density at radius 3 is 2.47 bits per heavy atom. The first-order chi connectivity index (χ1) is 8.11. The number of nitrogens with one attached hydrogen (secondary N) is 2. The molecule has 0 saturated carbocycles. The van der Waals surface area contributed by atoms with Gasteiger partial charge in [0.25, 0.3) is 0 Å². The number of carbonyl (C=O) groups is 1. The Bertz CT molecular complexity index is 387. The van der Waals surface area contributed by atoms with Gasteiger partial charge in [-0.05, 0) is 42.8 Å². The van der Waals surface area contributed by atoms with Gasteiger partial charge in [-0.1, -0.05) is 25.5 Å². The molecule has 0 saturated heterocycles. The number of unbranched alkanes of at least 4 members (excludes halogenated alkanes) is 1. The average molecular weight is 250 g/mol. The normalized spacial score (nSPS) is 9.76. The van der Waals surface area contributed by atoms with Crippen LogP contribution in [0.25, 0.3) is 0 Å². The Hall–Kier alpha value is -1.42. The van der Waals surface area contributed by atoms with E-state index in [1.807, 2.05) is 12.1 Å². The Balaban J connectivity index is 2.50. The quantitative estimate of drug-likeness (QED) is 0.807. The van der Waals surface area contributed by atoms with Gasteiger partial charge in [0.2, 0.25) is 5.91 Å². The number of carbonyl (C=O) groups excluding carboxylic acids is 1. The third-order valence-electron chi connectivity index (χ3n) is 2.32. The highest BCUT2D eigenvalue weighted by Gasteiger charge is 1.99. The molecule has 0 aliphatic heterocycles. The van der Waals surface area contributed by atoms with E-state index in [1.54, 1.807) is 0 Å². The van der Waals surface area contributed by atoms with Crippen LogP contribution in [0.2, 0.25) is 0 Å². The van der Waals surface area contributed by atoms with Crippen LogP contribution < -0.4 is 10.6 Å². The summed E-state index contributed by atoms with van der Waals surface area (Å²) >= 11 is 4.97. The first-order valence-corrected chi connectivity index (χ1v) is 6.20. The largest absolute Gasteiger partial charge is 0.332 e. The highest BCUT2D eigenvalue weighted by molar-refractivity contribution is 7.80. The molecule has 0 unspecified atom stereocenters. The molecule has 0 heterocycles. The van der Waals surface area contributed by atoms with Crippen LogP contribution in [0, 0.1) is 0 Å². The molecule has 0 radical (unpaired) electrons. The van der Waals surface area contributed by atoms with Crippen LogP contribution >= 0.6 is 12.2 Å². The predicted molar refractivity (Wildman–Crippen MR) is 75.1 cm³/mol. The third-order valence-corrected chi connectivity index (χ3v) is 2.52. The second kappa shape index (κ2) is 7.01. The smallest absolute Gasteiger partial charge is 0.222 e. The fourth-order valence-electron chi connectivity index (χ4n) is 1.46. The predicted octanol–water partition coefficient (Wildman–Crippen LogP) is 2.86. The Morgan fingerprint density at radius 2 is 1.94 bits per heavy atom. The van der Waals surface area contributed by atoms with E-state index < -0.39 is 0 Å². The van der Waals surface area contributed by atoms with Crippen molar-refractivity contribution in [2.45, 2.75) is 33.1 Å². The minimum Gasteiger partial charge on any atom is -0.332 e. The Kier molecular flexibility index (Phi) is 5.63. The minimum absolute atomic E-state index is 0.165. The van der Waals surface area contributed by atoms with Crippen LogP contribution in [-0.2, 0) is 11.2 Å². The second-order valence-electron chi connectivity index (χ2n) is 3.94. The molecule has 1 aromatic carbocycles. The van der Waals surface area contributed by atoms with Gasteiger partial charge in [-0.15, -0.1) is 0 Å². The van der Waals surface area contributed by atoms with Crippen LogP contribution in [0.4, 0.5) is 5.69 Å². The number of rotatable bonds is 4. The minimum atomic E-state index is -0.165. The molecule has 0 atom stereocenters. The van der Waals surface area contributed by atoms with Crippen molar-refractivity contribution in [2.24, 2.45) is 0 Å². The van der Waals surface area contributed by atoms with E-state index >= 15 is 0 Å². The number of benzene rings is 1. The average Bonchev–Trinajstić information content (AvgIpc) is 2.27.